The van der Waals surface area contributed by atoms with Gasteiger partial charge in [-0.3, -0.25) is 4.72 Å². The Bertz CT molecular complexity index is 818. The van der Waals surface area contributed by atoms with Crippen molar-refractivity contribution in [2.75, 3.05) is 24.1 Å². The minimum atomic E-state index is -3.56. The monoisotopic (exact) mass is 376 g/mol. The van der Waals surface area contributed by atoms with Crippen LogP contribution in [0.2, 0.25) is 0 Å². The first-order chi connectivity index (χ1) is 12.1. The number of benzene rings is 1. The molecule has 0 aliphatic rings. The molecule has 2 rings (SSSR count). The van der Waals surface area contributed by atoms with Crippen LogP contribution in [0.25, 0.3) is 0 Å². The normalized spacial score (nSPS) is 12.0. The van der Waals surface area contributed by atoms with E-state index in [4.69, 9.17) is 0 Å². The zero-order valence-corrected chi connectivity index (χ0v) is 17.1. The van der Waals surface area contributed by atoms with E-state index in [-0.39, 0.29) is 5.82 Å². The average molecular weight is 377 g/mol. The van der Waals surface area contributed by atoms with Crippen molar-refractivity contribution in [3.8, 4) is 0 Å². The molecule has 7 heteroatoms. The van der Waals surface area contributed by atoms with E-state index in [0.717, 1.165) is 15.7 Å². The number of pyridine rings is 1. The molecule has 0 bridgehead atoms. The van der Waals surface area contributed by atoms with Gasteiger partial charge in [-0.25, -0.2) is 4.98 Å². The summed E-state index contributed by atoms with van der Waals surface area (Å²) in [6, 6.07) is 9.82. The summed E-state index contributed by atoms with van der Waals surface area (Å²) in [5.41, 5.74) is 4.40. The third-order valence-electron chi connectivity index (χ3n) is 4.12. The lowest BCUT2D eigenvalue weighted by atomic mass is 9.92. The Labute approximate surface area is 156 Å². The fourth-order valence-corrected chi connectivity index (χ4v) is 3.16. The highest BCUT2D eigenvalue weighted by atomic mass is 32.2. The van der Waals surface area contributed by atoms with Crippen molar-refractivity contribution >= 4 is 27.4 Å². The van der Waals surface area contributed by atoms with Gasteiger partial charge < -0.3 is 5.32 Å². The molecule has 0 radical (unpaired) electrons. The summed E-state index contributed by atoms with van der Waals surface area (Å²) in [5.74, 6) is 1.05. The van der Waals surface area contributed by atoms with E-state index in [1.807, 2.05) is 6.07 Å². The van der Waals surface area contributed by atoms with Crippen molar-refractivity contribution in [3.63, 3.8) is 0 Å². The van der Waals surface area contributed by atoms with Crippen molar-refractivity contribution in [2.45, 2.75) is 39.5 Å². The third-order valence-corrected chi connectivity index (χ3v) is 5.55. The molecule has 0 saturated carbocycles. The molecule has 2 aromatic rings. The number of para-hydroxylation sites is 1. The molecule has 0 saturated heterocycles. The number of hydrogen-bond donors (Lipinski definition) is 2. The second-order valence-electron chi connectivity index (χ2n) is 7.07. The van der Waals surface area contributed by atoms with E-state index in [9.17, 15) is 8.42 Å². The van der Waals surface area contributed by atoms with E-state index < -0.39 is 10.2 Å². The van der Waals surface area contributed by atoms with Gasteiger partial charge in [-0.15, -0.1) is 0 Å². The first-order valence-electron chi connectivity index (χ1n) is 8.68. The number of nitrogens with one attached hydrogen (secondary N) is 2. The van der Waals surface area contributed by atoms with Gasteiger partial charge in [0.25, 0.3) is 0 Å². The Kier molecular flexibility index (Phi) is 6.26. The molecular weight excluding hydrogens is 348 g/mol. The second kappa shape index (κ2) is 8.05. The first kappa shape index (κ1) is 20.2. The highest BCUT2D eigenvalue weighted by Gasteiger charge is 2.15. The summed E-state index contributed by atoms with van der Waals surface area (Å²) in [5, 5.41) is 3.47. The summed E-state index contributed by atoms with van der Waals surface area (Å²) in [4.78, 5) is 4.21. The lowest BCUT2D eigenvalue weighted by molar-refractivity contribution is 0.526. The average Bonchev–Trinajstić information content (AvgIpc) is 2.56. The lowest BCUT2D eigenvalue weighted by Crippen LogP contribution is -2.29. The predicted octanol–water partition coefficient (Wildman–Crippen LogP) is 4.29. The van der Waals surface area contributed by atoms with Crippen molar-refractivity contribution in [3.05, 3.63) is 47.7 Å². The number of hydrogen-bond acceptors (Lipinski definition) is 4. The highest BCUT2D eigenvalue weighted by molar-refractivity contribution is 7.90. The van der Waals surface area contributed by atoms with E-state index in [1.54, 1.807) is 12.3 Å². The topological polar surface area (TPSA) is 74.3 Å². The molecule has 1 heterocycles. The quantitative estimate of drug-likeness (QED) is 0.756. The molecule has 0 fully saturated rings. The second-order valence-corrected chi connectivity index (χ2v) is 8.95. The van der Waals surface area contributed by atoms with Gasteiger partial charge in [0.1, 0.15) is 5.82 Å². The van der Waals surface area contributed by atoms with Gasteiger partial charge >= 0.3 is 10.2 Å². The van der Waals surface area contributed by atoms with Gasteiger partial charge in [0.2, 0.25) is 0 Å². The van der Waals surface area contributed by atoms with Crippen molar-refractivity contribution < 1.29 is 8.42 Å². The van der Waals surface area contributed by atoms with E-state index in [1.165, 1.54) is 25.2 Å². The largest absolute Gasteiger partial charge is 0.354 e. The van der Waals surface area contributed by atoms with Crippen LogP contribution in [0.15, 0.2) is 36.5 Å². The zero-order valence-electron chi connectivity index (χ0n) is 16.2. The van der Waals surface area contributed by atoms with Crippen molar-refractivity contribution in [1.29, 1.82) is 0 Å². The van der Waals surface area contributed by atoms with Crippen LogP contribution in [-0.4, -0.2) is 31.8 Å². The smallest absolute Gasteiger partial charge is 0.302 e. The van der Waals surface area contributed by atoms with Crippen LogP contribution in [0.5, 0.6) is 0 Å². The van der Waals surface area contributed by atoms with E-state index in [0.29, 0.717) is 11.8 Å². The number of anilines is 3. The minimum Gasteiger partial charge on any atom is -0.354 e. The molecular formula is C19H28N4O2S. The van der Waals surface area contributed by atoms with Crippen molar-refractivity contribution in [1.82, 2.24) is 9.29 Å². The van der Waals surface area contributed by atoms with Crippen LogP contribution in [0, 0.1) is 0 Å². The molecule has 26 heavy (non-hydrogen) atoms. The molecule has 0 atom stereocenters. The molecule has 0 spiro atoms. The summed E-state index contributed by atoms with van der Waals surface area (Å²) in [7, 11) is -0.625. The van der Waals surface area contributed by atoms with Gasteiger partial charge in [0.15, 0.2) is 0 Å². The Balaban J connectivity index is 2.30. The van der Waals surface area contributed by atoms with Gasteiger partial charge in [-0.2, -0.15) is 12.7 Å². The summed E-state index contributed by atoms with van der Waals surface area (Å²) >= 11 is 0. The van der Waals surface area contributed by atoms with E-state index in [2.05, 4.69) is 60.9 Å². The summed E-state index contributed by atoms with van der Waals surface area (Å²) in [6.07, 6.45) is 1.63. The molecule has 0 aliphatic heterocycles. The summed E-state index contributed by atoms with van der Waals surface area (Å²) < 4.78 is 27.3. The maximum atomic E-state index is 11.9. The molecule has 1 aromatic heterocycles. The van der Waals surface area contributed by atoms with Crippen LogP contribution < -0.4 is 10.0 Å². The predicted molar refractivity (Wildman–Crippen MR) is 108 cm³/mol. The standard InChI is InChI=1S/C19H28N4O2S/c1-13(2)16-8-7-9-17(14(3)4)19(16)21-15-10-11-18(20-12-15)22-26(24,25)23(5)6/h7-14,21H,1-6H3,(H,20,22). The Morgan fingerprint density at radius 1 is 0.962 bits per heavy atom. The molecule has 0 amide bonds. The van der Waals surface area contributed by atoms with E-state index >= 15 is 0 Å². The van der Waals surface area contributed by atoms with Gasteiger partial charge in [-0.05, 0) is 35.1 Å². The Hall–Kier alpha value is -2.12. The maximum absolute atomic E-state index is 11.9. The third kappa shape index (κ3) is 4.74. The Morgan fingerprint density at radius 2 is 1.54 bits per heavy atom. The molecule has 0 unspecified atom stereocenters. The molecule has 0 aliphatic carbocycles. The molecule has 2 N–H and O–H groups in total. The minimum absolute atomic E-state index is 0.283. The van der Waals surface area contributed by atoms with Crippen molar-refractivity contribution in [2.24, 2.45) is 0 Å². The number of nitrogens with zero attached hydrogens (tertiary/aromatic N) is 2. The summed E-state index contributed by atoms with van der Waals surface area (Å²) in [6.45, 7) is 8.67. The van der Waals surface area contributed by atoms with Gasteiger partial charge in [0.05, 0.1) is 11.9 Å². The lowest BCUT2D eigenvalue weighted by Gasteiger charge is -2.21. The first-order valence-corrected chi connectivity index (χ1v) is 10.1. The van der Waals surface area contributed by atoms with Gasteiger partial charge in [-0.1, -0.05) is 45.9 Å². The molecule has 142 valence electrons. The van der Waals surface area contributed by atoms with Gasteiger partial charge in [0, 0.05) is 19.8 Å². The van der Waals surface area contributed by atoms with Crippen LogP contribution in [0.4, 0.5) is 17.2 Å². The Morgan fingerprint density at radius 3 is 1.96 bits per heavy atom. The zero-order chi connectivity index (χ0) is 19.5. The fraction of sp³-hybridized carbons (Fsp3) is 0.421. The van der Waals surface area contributed by atoms with Crippen LogP contribution in [-0.2, 0) is 10.2 Å². The van der Waals surface area contributed by atoms with Crippen LogP contribution in [0.1, 0.15) is 50.7 Å². The molecule has 1 aromatic carbocycles. The maximum Gasteiger partial charge on any atom is 0.302 e. The molecule has 6 nitrogen and oxygen atoms in total. The van der Waals surface area contributed by atoms with Crippen LogP contribution in [0.3, 0.4) is 0 Å². The highest BCUT2D eigenvalue weighted by Crippen LogP contribution is 2.34. The van der Waals surface area contributed by atoms with Crippen LogP contribution >= 0.6 is 0 Å². The fourth-order valence-electron chi connectivity index (χ4n) is 2.59. The number of rotatable bonds is 7. The number of aromatic nitrogens is 1. The SMILES string of the molecule is CC(C)c1cccc(C(C)C)c1Nc1ccc(NS(=O)(=O)N(C)C)nc1.